The number of hydrogen-bond acceptors (Lipinski definition) is 2. The number of aromatic nitrogens is 1. The van der Waals surface area contributed by atoms with Crippen molar-refractivity contribution in [3.05, 3.63) is 16.8 Å². The second-order valence-corrected chi connectivity index (χ2v) is 2.66. The van der Waals surface area contributed by atoms with Gasteiger partial charge < -0.3 is 4.98 Å². The summed E-state index contributed by atoms with van der Waals surface area (Å²) < 4.78 is 0. The predicted molar refractivity (Wildman–Crippen MR) is 42.2 cm³/mol. The minimum absolute atomic E-state index is 0.654. The molecule has 0 aliphatic heterocycles. The molecule has 1 aromatic rings. The normalized spacial score (nSPS) is 9.40. The average molecular weight is 152 g/mol. The molecular weight excluding hydrogens is 144 g/mol. The van der Waals surface area contributed by atoms with Crippen LogP contribution in [0.5, 0.6) is 0 Å². The van der Waals surface area contributed by atoms with Crippen molar-refractivity contribution in [1.82, 2.24) is 4.98 Å². The van der Waals surface area contributed by atoms with Gasteiger partial charge in [0, 0.05) is 5.69 Å². The Kier molecular flexibility index (Phi) is 1.73. The number of aromatic amines is 1. The zero-order valence-electron chi connectivity index (χ0n) is 5.89. The summed E-state index contributed by atoms with van der Waals surface area (Å²) in [5.41, 5.74) is 2.66. The van der Waals surface area contributed by atoms with Crippen molar-refractivity contribution in [1.29, 1.82) is 5.26 Å². The van der Waals surface area contributed by atoms with Crippen LogP contribution < -0.4 is 0 Å². The third-order valence-corrected chi connectivity index (χ3v) is 1.93. The fourth-order valence-electron chi connectivity index (χ4n) is 0.836. The second-order valence-electron chi connectivity index (χ2n) is 2.21. The van der Waals surface area contributed by atoms with Gasteiger partial charge in [-0.15, -0.1) is 12.6 Å². The molecule has 0 atom stereocenters. The lowest BCUT2D eigenvalue weighted by Crippen LogP contribution is -1.75. The van der Waals surface area contributed by atoms with Crippen molar-refractivity contribution in [2.45, 2.75) is 18.9 Å². The van der Waals surface area contributed by atoms with Gasteiger partial charge in [-0.05, 0) is 19.4 Å². The van der Waals surface area contributed by atoms with Gasteiger partial charge in [-0.1, -0.05) is 0 Å². The molecule has 0 spiro atoms. The number of thiol groups is 1. The van der Waals surface area contributed by atoms with Crippen LogP contribution in [0.1, 0.15) is 16.8 Å². The van der Waals surface area contributed by atoms with Gasteiger partial charge in [0.2, 0.25) is 0 Å². The number of hydrogen-bond donors (Lipinski definition) is 2. The minimum atomic E-state index is 0.654. The van der Waals surface area contributed by atoms with Gasteiger partial charge in [0.05, 0.1) is 10.6 Å². The molecule has 0 aromatic carbocycles. The van der Waals surface area contributed by atoms with Crippen molar-refractivity contribution >= 4 is 12.6 Å². The lowest BCUT2D eigenvalue weighted by atomic mass is 10.2. The first kappa shape index (κ1) is 7.23. The van der Waals surface area contributed by atoms with E-state index in [9.17, 15) is 0 Å². The van der Waals surface area contributed by atoms with Gasteiger partial charge in [-0.2, -0.15) is 5.26 Å². The van der Waals surface area contributed by atoms with Crippen molar-refractivity contribution in [2.75, 3.05) is 0 Å². The van der Waals surface area contributed by atoms with E-state index < -0.39 is 0 Å². The van der Waals surface area contributed by atoms with Gasteiger partial charge >= 0.3 is 0 Å². The highest BCUT2D eigenvalue weighted by molar-refractivity contribution is 7.80. The summed E-state index contributed by atoms with van der Waals surface area (Å²) in [6, 6.07) is 2.08. The van der Waals surface area contributed by atoms with E-state index in [0.717, 1.165) is 11.3 Å². The Labute approximate surface area is 65.3 Å². The molecule has 0 saturated carbocycles. The lowest BCUT2D eigenvalue weighted by Gasteiger charge is -1.85. The molecule has 1 aromatic heterocycles. The number of H-pyrrole nitrogens is 1. The minimum Gasteiger partial charge on any atom is -0.353 e. The summed E-state index contributed by atoms with van der Waals surface area (Å²) in [4.78, 5) is 2.97. The van der Waals surface area contributed by atoms with Crippen molar-refractivity contribution in [3.8, 4) is 6.07 Å². The van der Waals surface area contributed by atoms with E-state index in [-0.39, 0.29) is 0 Å². The smallest absolute Gasteiger partial charge is 0.102 e. The van der Waals surface area contributed by atoms with Crippen molar-refractivity contribution in [3.63, 3.8) is 0 Å². The molecule has 1 N–H and O–H groups in total. The maximum absolute atomic E-state index is 8.59. The van der Waals surface area contributed by atoms with Crippen LogP contribution in [0.25, 0.3) is 0 Å². The maximum Gasteiger partial charge on any atom is 0.102 e. The molecule has 0 aliphatic rings. The lowest BCUT2D eigenvalue weighted by molar-refractivity contribution is 1.13. The molecule has 0 radical (unpaired) electrons. The predicted octanol–water partition coefficient (Wildman–Crippen LogP) is 1.79. The highest BCUT2D eigenvalue weighted by Crippen LogP contribution is 2.18. The highest BCUT2D eigenvalue weighted by Gasteiger charge is 2.06. The fraction of sp³-hybridized carbons (Fsp3) is 0.286. The maximum atomic E-state index is 8.59. The Balaban J connectivity index is 3.37. The zero-order valence-corrected chi connectivity index (χ0v) is 6.79. The van der Waals surface area contributed by atoms with E-state index in [0.29, 0.717) is 10.6 Å². The number of nitrogens with one attached hydrogen (secondary N) is 1. The van der Waals surface area contributed by atoms with E-state index in [1.165, 1.54) is 0 Å². The summed E-state index contributed by atoms with van der Waals surface area (Å²) in [5.74, 6) is 0. The summed E-state index contributed by atoms with van der Waals surface area (Å²) in [6.07, 6.45) is 0. The van der Waals surface area contributed by atoms with Crippen LogP contribution in [0.2, 0.25) is 0 Å². The van der Waals surface area contributed by atoms with Crippen LogP contribution in [0.15, 0.2) is 5.03 Å². The molecule has 52 valence electrons. The number of nitrogens with zero attached hydrogens (tertiary/aromatic N) is 1. The quantitative estimate of drug-likeness (QED) is 0.547. The Bertz CT molecular complexity index is 293. The number of aryl methyl sites for hydroxylation is 1. The summed E-state index contributed by atoms with van der Waals surface area (Å²) in [7, 11) is 0. The van der Waals surface area contributed by atoms with Crippen LogP contribution in [0.4, 0.5) is 0 Å². The number of rotatable bonds is 0. The molecule has 0 unspecified atom stereocenters. The third kappa shape index (κ3) is 0.910. The van der Waals surface area contributed by atoms with E-state index in [1.807, 2.05) is 13.8 Å². The van der Waals surface area contributed by atoms with E-state index in [2.05, 4.69) is 23.7 Å². The van der Waals surface area contributed by atoms with Crippen molar-refractivity contribution < 1.29 is 0 Å². The molecular formula is C7H8N2S. The van der Waals surface area contributed by atoms with Gasteiger partial charge in [-0.3, -0.25) is 0 Å². The monoisotopic (exact) mass is 152 g/mol. The fourth-order valence-corrected chi connectivity index (χ4v) is 1.22. The van der Waals surface area contributed by atoms with Gasteiger partial charge in [0.1, 0.15) is 6.07 Å². The van der Waals surface area contributed by atoms with Crippen LogP contribution in [-0.4, -0.2) is 4.98 Å². The summed E-state index contributed by atoms with van der Waals surface area (Å²) in [6.45, 7) is 3.83. The Morgan fingerprint density at radius 3 is 2.30 bits per heavy atom. The van der Waals surface area contributed by atoms with Crippen molar-refractivity contribution in [2.24, 2.45) is 0 Å². The van der Waals surface area contributed by atoms with Crippen LogP contribution >= 0.6 is 12.6 Å². The Hall–Kier alpha value is -0.880. The first-order valence-corrected chi connectivity index (χ1v) is 3.39. The van der Waals surface area contributed by atoms with Gasteiger partial charge in [-0.25, -0.2) is 0 Å². The molecule has 3 heteroatoms. The molecule has 0 bridgehead atoms. The first-order valence-electron chi connectivity index (χ1n) is 2.95. The standard InChI is InChI=1S/C7H8N2S/c1-4-5(2)9-7(10)6(4)3-8/h9-10H,1-2H3. The zero-order chi connectivity index (χ0) is 7.72. The molecule has 0 aliphatic carbocycles. The Morgan fingerprint density at radius 1 is 1.50 bits per heavy atom. The largest absolute Gasteiger partial charge is 0.353 e. The third-order valence-electron chi connectivity index (χ3n) is 1.59. The average Bonchev–Trinajstić information content (AvgIpc) is 2.09. The number of nitriles is 1. The summed E-state index contributed by atoms with van der Waals surface area (Å²) >= 11 is 4.09. The van der Waals surface area contributed by atoms with Crippen LogP contribution in [-0.2, 0) is 0 Å². The SMILES string of the molecule is Cc1[nH]c(S)c(C#N)c1C. The van der Waals surface area contributed by atoms with E-state index in [1.54, 1.807) is 0 Å². The first-order chi connectivity index (χ1) is 4.66. The van der Waals surface area contributed by atoms with Crippen LogP contribution in [0, 0.1) is 25.2 Å². The highest BCUT2D eigenvalue weighted by atomic mass is 32.1. The molecule has 0 amide bonds. The van der Waals surface area contributed by atoms with E-state index >= 15 is 0 Å². The molecule has 10 heavy (non-hydrogen) atoms. The topological polar surface area (TPSA) is 39.6 Å². The molecule has 0 saturated heterocycles. The second kappa shape index (κ2) is 2.39. The Morgan fingerprint density at radius 2 is 2.10 bits per heavy atom. The van der Waals surface area contributed by atoms with Gasteiger partial charge in [0.25, 0.3) is 0 Å². The molecule has 1 rings (SSSR count). The van der Waals surface area contributed by atoms with E-state index in [4.69, 9.17) is 5.26 Å². The summed E-state index contributed by atoms with van der Waals surface area (Å²) in [5, 5.41) is 9.26. The molecule has 2 nitrogen and oxygen atoms in total. The van der Waals surface area contributed by atoms with Gasteiger partial charge in [0.15, 0.2) is 0 Å². The van der Waals surface area contributed by atoms with Crippen LogP contribution in [0.3, 0.4) is 0 Å². The molecule has 1 heterocycles. The molecule has 0 fully saturated rings.